The molecule has 3 heterocycles. The first kappa shape index (κ1) is 30.6. The molecule has 0 radical (unpaired) electrons. The van der Waals surface area contributed by atoms with Gasteiger partial charge in [-0.2, -0.15) is 4.39 Å². The molecule has 0 bridgehead atoms. The highest BCUT2D eigenvalue weighted by Crippen LogP contribution is 2.41. The van der Waals surface area contributed by atoms with E-state index in [1.54, 1.807) is 37.4 Å². The lowest BCUT2D eigenvalue weighted by atomic mass is 9.82. The predicted molar refractivity (Wildman–Crippen MR) is 145 cm³/mol. The topological polar surface area (TPSA) is 103 Å². The fourth-order valence-electron chi connectivity index (χ4n) is 4.80. The molecule has 2 aliphatic heterocycles. The number of carbonyl (C=O) groups excluding carboxylic acids is 1. The third-order valence-corrected chi connectivity index (χ3v) is 6.60. The molecule has 2 aromatic rings. The standard InChI is InChI=1S/C26H35FN4O6.C2H6/c1-7-35-24(33-5)22-18(12-16-10-11-29-21(13-16)28-4)23(32)31(22)25(34-6)30-15(2)17-8-9-19-20(14-17)37-26(3,27)36-19;1-2/h8-11,13-15,18,22,24-25,30H,7,12H2,1-6H3,(H,28,29);1-2H3/t15?,18-,22?,24?,25?,26?;/m1./s1. The highest BCUT2D eigenvalue weighted by Gasteiger charge is 2.55. The Morgan fingerprint density at radius 1 is 1.15 bits per heavy atom. The first-order valence-corrected chi connectivity index (χ1v) is 13.3. The van der Waals surface area contributed by atoms with Gasteiger partial charge in [0.05, 0.1) is 12.0 Å². The number of alkyl halides is 1. The Kier molecular flexibility index (Phi) is 10.5. The molecule has 2 N–H and O–H groups in total. The maximum absolute atomic E-state index is 14.1. The van der Waals surface area contributed by atoms with Gasteiger partial charge in [-0.25, -0.2) is 4.98 Å². The number of benzene rings is 1. The molecule has 1 aromatic heterocycles. The number of likely N-dealkylation sites (tertiary alicyclic amines) is 1. The minimum Gasteiger partial charge on any atom is -0.423 e. The molecule has 5 unspecified atom stereocenters. The van der Waals surface area contributed by atoms with Crippen molar-refractivity contribution in [1.82, 2.24) is 15.2 Å². The van der Waals surface area contributed by atoms with E-state index in [4.69, 9.17) is 23.7 Å². The van der Waals surface area contributed by atoms with Crippen LogP contribution in [-0.2, 0) is 25.4 Å². The van der Waals surface area contributed by atoms with Crippen LogP contribution in [-0.4, -0.2) is 68.4 Å². The number of pyridine rings is 1. The Hall–Kier alpha value is -2.99. The summed E-state index contributed by atoms with van der Waals surface area (Å²) < 4.78 is 41.7. The third kappa shape index (κ3) is 6.78. The molecule has 1 saturated heterocycles. The van der Waals surface area contributed by atoms with Gasteiger partial charge in [-0.1, -0.05) is 19.9 Å². The zero-order valence-corrected chi connectivity index (χ0v) is 24.0. The second-order valence-electron chi connectivity index (χ2n) is 9.13. The van der Waals surface area contributed by atoms with Gasteiger partial charge in [0.15, 0.2) is 24.1 Å². The van der Waals surface area contributed by atoms with Gasteiger partial charge < -0.3 is 29.0 Å². The molecule has 6 atom stereocenters. The van der Waals surface area contributed by atoms with Gasteiger partial charge in [0.1, 0.15) is 5.82 Å². The van der Waals surface area contributed by atoms with E-state index in [1.165, 1.54) is 14.0 Å². The lowest BCUT2D eigenvalue weighted by Gasteiger charge is -2.52. The highest BCUT2D eigenvalue weighted by molar-refractivity contribution is 5.86. The van der Waals surface area contributed by atoms with Crippen molar-refractivity contribution < 1.29 is 32.9 Å². The summed E-state index contributed by atoms with van der Waals surface area (Å²) in [6.07, 6.45) is 0.816. The van der Waals surface area contributed by atoms with Crippen molar-refractivity contribution in [2.45, 2.75) is 71.8 Å². The molecule has 39 heavy (non-hydrogen) atoms. The number of hydrogen-bond donors (Lipinski definition) is 2. The second kappa shape index (κ2) is 13.4. The van der Waals surface area contributed by atoms with E-state index in [-0.39, 0.29) is 17.9 Å². The van der Waals surface area contributed by atoms with Crippen LogP contribution in [0.1, 0.15) is 51.8 Å². The summed E-state index contributed by atoms with van der Waals surface area (Å²) in [6, 6.07) is 6.14. The number of amides is 1. The second-order valence-corrected chi connectivity index (χ2v) is 9.13. The van der Waals surface area contributed by atoms with Crippen LogP contribution in [0.2, 0.25) is 0 Å². The molecule has 11 heteroatoms. The lowest BCUT2D eigenvalue weighted by Crippen LogP contribution is -2.72. The molecule has 2 aliphatic rings. The van der Waals surface area contributed by atoms with Crippen LogP contribution in [0.15, 0.2) is 36.5 Å². The number of nitrogens with one attached hydrogen (secondary N) is 2. The minimum absolute atomic E-state index is 0.0833. The number of fused-ring (bicyclic) bond motifs is 1. The summed E-state index contributed by atoms with van der Waals surface area (Å²) >= 11 is 0. The monoisotopic (exact) mass is 548 g/mol. The number of hydrogen-bond acceptors (Lipinski definition) is 9. The molecule has 10 nitrogen and oxygen atoms in total. The Morgan fingerprint density at radius 3 is 2.51 bits per heavy atom. The average Bonchev–Trinajstić information content (AvgIpc) is 3.26. The van der Waals surface area contributed by atoms with Crippen LogP contribution in [0.5, 0.6) is 11.5 Å². The zero-order valence-electron chi connectivity index (χ0n) is 24.0. The predicted octanol–water partition coefficient (Wildman–Crippen LogP) is 4.22. The van der Waals surface area contributed by atoms with Gasteiger partial charge in [-0.15, -0.1) is 0 Å². The number of nitrogens with zero attached hydrogens (tertiary/aromatic N) is 2. The van der Waals surface area contributed by atoms with Crippen molar-refractivity contribution >= 4 is 11.7 Å². The fraction of sp³-hybridized carbons (Fsp3) is 0.571. The molecule has 4 rings (SSSR count). The van der Waals surface area contributed by atoms with E-state index < -0.39 is 24.7 Å². The maximum atomic E-state index is 14.1. The van der Waals surface area contributed by atoms with Gasteiger partial charge >= 0.3 is 6.04 Å². The van der Waals surface area contributed by atoms with E-state index in [0.717, 1.165) is 16.9 Å². The van der Waals surface area contributed by atoms with Gasteiger partial charge in [0.2, 0.25) is 5.91 Å². The summed E-state index contributed by atoms with van der Waals surface area (Å²) in [5.74, 6) is 0.929. The van der Waals surface area contributed by atoms with E-state index in [1.807, 2.05) is 45.9 Å². The molecular formula is C28H41FN4O6. The van der Waals surface area contributed by atoms with E-state index >= 15 is 0 Å². The van der Waals surface area contributed by atoms with Crippen LogP contribution in [0.4, 0.5) is 10.2 Å². The van der Waals surface area contributed by atoms with Crippen molar-refractivity contribution in [3.8, 4) is 11.5 Å². The number of anilines is 1. The highest BCUT2D eigenvalue weighted by atomic mass is 19.2. The molecule has 1 amide bonds. The molecular weight excluding hydrogens is 507 g/mol. The number of rotatable bonds is 12. The summed E-state index contributed by atoms with van der Waals surface area (Å²) in [5.41, 5.74) is 1.79. The Labute approximate surface area is 230 Å². The van der Waals surface area contributed by atoms with Crippen molar-refractivity contribution in [3.63, 3.8) is 0 Å². The van der Waals surface area contributed by atoms with Crippen LogP contribution in [0.3, 0.4) is 0 Å². The quantitative estimate of drug-likeness (QED) is 0.298. The average molecular weight is 549 g/mol. The number of carbonyl (C=O) groups is 1. The van der Waals surface area contributed by atoms with Gasteiger partial charge in [0.25, 0.3) is 0 Å². The van der Waals surface area contributed by atoms with Crippen LogP contribution in [0, 0.1) is 5.92 Å². The third-order valence-electron chi connectivity index (χ3n) is 6.60. The molecule has 0 aliphatic carbocycles. The van der Waals surface area contributed by atoms with Crippen LogP contribution >= 0.6 is 0 Å². The van der Waals surface area contributed by atoms with E-state index in [9.17, 15) is 9.18 Å². The zero-order chi connectivity index (χ0) is 28.7. The first-order valence-electron chi connectivity index (χ1n) is 13.3. The lowest BCUT2D eigenvalue weighted by molar-refractivity contribution is -0.237. The Bertz CT molecular complexity index is 1100. The number of β-lactam (4-membered cyclic amide) rings is 1. The molecule has 1 fully saturated rings. The van der Waals surface area contributed by atoms with Crippen LogP contribution in [0.25, 0.3) is 0 Å². The number of aromatic nitrogens is 1. The summed E-state index contributed by atoms with van der Waals surface area (Å²) in [5, 5.41) is 6.37. The van der Waals surface area contributed by atoms with Crippen molar-refractivity contribution in [2.75, 3.05) is 33.2 Å². The smallest absolute Gasteiger partial charge is 0.404 e. The minimum atomic E-state index is -2.20. The van der Waals surface area contributed by atoms with Crippen molar-refractivity contribution in [1.29, 1.82) is 0 Å². The normalized spacial score (nSPS) is 23.8. The molecule has 0 spiro atoms. The summed E-state index contributed by atoms with van der Waals surface area (Å²) in [6.45, 7) is 9.43. The number of methoxy groups -OCH3 is 2. The van der Waals surface area contributed by atoms with E-state index in [0.29, 0.717) is 24.5 Å². The van der Waals surface area contributed by atoms with Gasteiger partial charge in [-0.3, -0.25) is 15.0 Å². The number of halogens is 1. The van der Waals surface area contributed by atoms with Crippen molar-refractivity contribution in [3.05, 3.63) is 47.7 Å². The van der Waals surface area contributed by atoms with E-state index in [2.05, 4.69) is 15.6 Å². The van der Waals surface area contributed by atoms with Crippen molar-refractivity contribution in [2.24, 2.45) is 5.92 Å². The summed E-state index contributed by atoms with van der Waals surface area (Å²) in [7, 11) is 4.89. The first-order chi connectivity index (χ1) is 18.7. The van der Waals surface area contributed by atoms with Gasteiger partial charge in [-0.05, 0) is 55.7 Å². The SMILES string of the molecule is CC.CCOC(OC)C1[C@@H](Cc2ccnc(NC)c2)C(=O)N1C(NC(C)c1ccc2c(c1)OC(C)(F)O2)OC. The molecule has 0 saturated carbocycles. The summed E-state index contributed by atoms with van der Waals surface area (Å²) in [4.78, 5) is 19.4. The maximum Gasteiger partial charge on any atom is 0.404 e. The molecule has 216 valence electrons. The Balaban J connectivity index is 0.00000205. The fourth-order valence-corrected chi connectivity index (χ4v) is 4.80. The number of ether oxygens (including phenoxy) is 5. The van der Waals surface area contributed by atoms with Crippen LogP contribution < -0.4 is 20.1 Å². The van der Waals surface area contributed by atoms with Gasteiger partial charge in [0, 0.05) is 47.0 Å². The largest absolute Gasteiger partial charge is 0.423 e. The Morgan fingerprint density at radius 2 is 1.87 bits per heavy atom. The molecule has 1 aromatic carbocycles.